The van der Waals surface area contributed by atoms with E-state index < -0.39 is 14.6 Å². The van der Waals surface area contributed by atoms with Crippen LogP contribution in [0, 0.1) is 31.1 Å². The number of rotatable bonds is 3. The van der Waals surface area contributed by atoms with Crippen LogP contribution in [0.15, 0.2) is 23.1 Å². The highest BCUT2D eigenvalue weighted by Crippen LogP contribution is 2.62. The number of benzene rings is 1. The molecule has 3 aliphatic rings. The van der Waals surface area contributed by atoms with Crippen molar-refractivity contribution in [1.82, 2.24) is 4.90 Å². The van der Waals surface area contributed by atoms with E-state index in [9.17, 15) is 13.2 Å². The standard InChI is InChI=1S/C21H29NO3S/c1-14-7-8-15(2)18(11-14)26(24,25)21(9-5-6-10-21)19(23)22-12-16-17(13-22)20(16,3)4/h7-8,11,16-17H,5-6,9-10,12-13H2,1-4H3. The fraction of sp³-hybridized carbons (Fsp3) is 0.667. The van der Waals surface area contributed by atoms with Crippen molar-refractivity contribution in [3.05, 3.63) is 29.3 Å². The Morgan fingerprint density at radius 3 is 2.23 bits per heavy atom. The van der Waals surface area contributed by atoms with Crippen LogP contribution < -0.4 is 0 Å². The zero-order valence-corrected chi connectivity index (χ0v) is 17.0. The minimum atomic E-state index is -3.71. The second-order valence-electron chi connectivity index (χ2n) is 9.22. The van der Waals surface area contributed by atoms with Gasteiger partial charge in [0.15, 0.2) is 14.6 Å². The van der Waals surface area contributed by atoms with Gasteiger partial charge in [0.25, 0.3) is 0 Å². The number of amides is 1. The van der Waals surface area contributed by atoms with Gasteiger partial charge in [0.1, 0.15) is 0 Å². The summed E-state index contributed by atoms with van der Waals surface area (Å²) in [6, 6.07) is 5.51. The van der Waals surface area contributed by atoms with Crippen molar-refractivity contribution >= 4 is 15.7 Å². The first kappa shape index (κ1) is 18.0. The molecule has 1 aromatic rings. The van der Waals surface area contributed by atoms with Gasteiger partial charge < -0.3 is 4.90 Å². The molecule has 0 radical (unpaired) electrons. The molecular weight excluding hydrogens is 346 g/mol. The Balaban J connectivity index is 1.71. The quantitative estimate of drug-likeness (QED) is 0.812. The third-order valence-corrected chi connectivity index (χ3v) is 9.99. The van der Waals surface area contributed by atoms with Crippen LogP contribution in [-0.2, 0) is 14.6 Å². The predicted molar refractivity (Wildman–Crippen MR) is 102 cm³/mol. The van der Waals surface area contributed by atoms with Gasteiger partial charge in [-0.1, -0.05) is 38.8 Å². The summed E-state index contributed by atoms with van der Waals surface area (Å²) in [6.07, 6.45) is 2.53. The lowest BCUT2D eigenvalue weighted by Gasteiger charge is -2.34. The number of hydrogen-bond donors (Lipinski definition) is 0. The van der Waals surface area contributed by atoms with Gasteiger partial charge in [-0.15, -0.1) is 0 Å². The molecule has 142 valence electrons. The van der Waals surface area contributed by atoms with Crippen molar-refractivity contribution in [1.29, 1.82) is 0 Å². The normalized spacial score (nSPS) is 28.8. The molecule has 2 atom stereocenters. The average molecular weight is 376 g/mol. The lowest BCUT2D eigenvalue weighted by molar-refractivity contribution is -0.133. The Labute approximate surface area is 156 Å². The maximum atomic E-state index is 13.7. The molecule has 1 amide bonds. The van der Waals surface area contributed by atoms with Crippen LogP contribution in [0.2, 0.25) is 0 Å². The summed E-state index contributed by atoms with van der Waals surface area (Å²) in [6.45, 7) is 9.68. The molecule has 0 bridgehead atoms. The van der Waals surface area contributed by atoms with Crippen LogP contribution in [0.3, 0.4) is 0 Å². The summed E-state index contributed by atoms with van der Waals surface area (Å²) in [5.41, 5.74) is 1.96. The van der Waals surface area contributed by atoms with E-state index in [-0.39, 0.29) is 5.91 Å². The first-order chi connectivity index (χ1) is 12.1. The Bertz CT molecular complexity index is 851. The van der Waals surface area contributed by atoms with Crippen molar-refractivity contribution in [2.75, 3.05) is 13.1 Å². The summed E-state index contributed by atoms with van der Waals surface area (Å²) in [5, 5.41) is 0. The molecule has 26 heavy (non-hydrogen) atoms. The van der Waals surface area contributed by atoms with Gasteiger partial charge in [0.2, 0.25) is 5.91 Å². The Hall–Kier alpha value is -1.36. The monoisotopic (exact) mass is 375 g/mol. The molecule has 4 nitrogen and oxygen atoms in total. The minimum Gasteiger partial charge on any atom is -0.341 e. The average Bonchev–Trinajstić information content (AvgIpc) is 3.08. The number of nitrogens with zero attached hydrogens (tertiary/aromatic N) is 1. The fourth-order valence-corrected chi connectivity index (χ4v) is 7.78. The fourth-order valence-electron chi connectivity index (χ4n) is 5.34. The van der Waals surface area contributed by atoms with Crippen molar-refractivity contribution in [3.63, 3.8) is 0 Å². The van der Waals surface area contributed by atoms with Gasteiger partial charge in [-0.05, 0) is 61.1 Å². The van der Waals surface area contributed by atoms with Gasteiger partial charge in [0.05, 0.1) is 4.90 Å². The van der Waals surface area contributed by atoms with Gasteiger partial charge in [-0.2, -0.15) is 0 Å². The molecular formula is C21H29NO3S. The maximum absolute atomic E-state index is 13.7. The minimum absolute atomic E-state index is 0.140. The second kappa shape index (κ2) is 5.57. The molecule has 1 aromatic carbocycles. The number of piperidine rings is 1. The Morgan fingerprint density at radius 2 is 1.65 bits per heavy atom. The number of fused-ring (bicyclic) bond motifs is 1. The molecule has 5 heteroatoms. The molecule has 0 N–H and O–H groups in total. The summed E-state index contributed by atoms with van der Waals surface area (Å²) in [4.78, 5) is 15.7. The molecule has 1 heterocycles. The van der Waals surface area contributed by atoms with E-state index in [1.54, 1.807) is 6.07 Å². The van der Waals surface area contributed by atoms with Gasteiger partial charge in [-0.3, -0.25) is 4.79 Å². The van der Waals surface area contributed by atoms with Gasteiger partial charge >= 0.3 is 0 Å². The predicted octanol–water partition coefficient (Wildman–Crippen LogP) is 3.50. The van der Waals surface area contributed by atoms with Crippen molar-refractivity contribution < 1.29 is 13.2 Å². The third-order valence-electron chi connectivity index (χ3n) is 7.36. The van der Waals surface area contributed by atoms with E-state index in [0.717, 1.165) is 37.1 Å². The molecule has 0 spiro atoms. The third kappa shape index (κ3) is 2.32. The summed E-state index contributed by atoms with van der Waals surface area (Å²) >= 11 is 0. The molecule has 2 aliphatic carbocycles. The number of aryl methyl sites for hydroxylation is 2. The lowest BCUT2D eigenvalue weighted by Crippen LogP contribution is -2.52. The summed E-state index contributed by atoms with van der Waals surface area (Å²) in [5.74, 6) is 0.931. The van der Waals surface area contributed by atoms with Crippen molar-refractivity contribution in [3.8, 4) is 0 Å². The first-order valence-corrected chi connectivity index (χ1v) is 11.2. The summed E-state index contributed by atoms with van der Waals surface area (Å²) < 4.78 is 26.1. The molecule has 1 saturated heterocycles. The molecule has 1 aliphatic heterocycles. The summed E-state index contributed by atoms with van der Waals surface area (Å²) in [7, 11) is -3.71. The van der Waals surface area contributed by atoms with E-state index in [1.165, 1.54) is 0 Å². The van der Waals surface area contributed by atoms with Crippen LogP contribution in [-0.4, -0.2) is 37.1 Å². The van der Waals surface area contributed by atoms with E-state index in [0.29, 0.717) is 35.0 Å². The molecule has 3 fully saturated rings. The number of hydrogen-bond acceptors (Lipinski definition) is 3. The maximum Gasteiger partial charge on any atom is 0.244 e. The largest absolute Gasteiger partial charge is 0.341 e. The zero-order chi connectivity index (χ0) is 18.9. The Morgan fingerprint density at radius 1 is 1.08 bits per heavy atom. The Kier molecular flexibility index (Phi) is 3.86. The van der Waals surface area contributed by atoms with E-state index in [1.807, 2.05) is 30.9 Å². The van der Waals surface area contributed by atoms with Crippen LogP contribution in [0.5, 0.6) is 0 Å². The van der Waals surface area contributed by atoms with Crippen LogP contribution in [0.25, 0.3) is 0 Å². The van der Waals surface area contributed by atoms with Crippen molar-refractivity contribution in [2.45, 2.75) is 63.0 Å². The number of carbonyl (C=O) groups excluding carboxylic acids is 1. The zero-order valence-electron chi connectivity index (χ0n) is 16.2. The van der Waals surface area contributed by atoms with Gasteiger partial charge in [0, 0.05) is 13.1 Å². The number of carbonyl (C=O) groups is 1. The van der Waals surface area contributed by atoms with E-state index >= 15 is 0 Å². The highest BCUT2D eigenvalue weighted by molar-refractivity contribution is 7.93. The molecule has 2 unspecified atom stereocenters. The number of likely N-dealkylation sites (tertiary alicyclic amines) is 1. The topological polar surface area (TPSA) is 54.5 Å². The first-order valence-electron chi connectivity index (χ1n) is 9.72. The van der Waals surface area contributed by atoms with Crippen LogP contribution >= 0.6 is 0 Å². The highest BCUT2D eigenvalue weighted by atomic mass is 32.2. The highest BCUT2D eigenvalue weighted by Gasteiger charge is 2.65. The number of sulfone groups is 1. The van der Waals surface area contributed by atoms with Crippen LogP contribution in [0.4, 0.5) is 0 Å². The van der Waals surface area contributed by atoms with E-state index in [2.05, 4.69) is 13.8 Å². The smallest absolute Gasteiger partial charge is 0.244 e. The molecule has 2 saturated carbocycles. The SMILES string of the molecule is Cc1ccc(C)c(S(=O)(=O)C2(C(=O)N3CC4C(C3)C4(C)C)CCCC2)c1. The molecule has 0 aromatic heterocycles. The van der Waals surface area contributed by atoms with Crippen molar-refractivity contribution in [2.24, 2.45) is 17.3 Å². The lowest BCUT2D eigenvalue weighted by atomic mass is 10.0. The second-order valence-corrected chi connectivity index (χ2v) is 11.4. The van der Waals surface area contributed by atoms with Gasteiger partial charge in [-0.25, -0.2) is 8.42 Å². The van der Waals surface area contributed by atoms with E-state index in [4.69, 9.17) is 0 Å². The van der Waals surface area contributed by atoms with Crippen LogP contribution in [0.1, 0.15) is 50.7 Å². The molecule has 4 rings (SSSR count).